The van der Waals surface area contributed by atoms with Crippen molar-refractivity contribution >= 4 is 103 Å². The normalized spacial score (nSPS) is 12.0. The van der Waals surface area contributed by atoms with Crippen LogP contribution in [-0.2, 0) is 0 Å². The number of benzene rings is 8. The Morgan fingerprint density at radius 2 is 0.982 bits per heavy atom. The molecule has 0 unspecified atom stereocenters. The van der Waals surface area contributed by atoms with E-state index in [0.717, 1.165) is 66.5 Å². The monoisotopic (exact) mass is 722 g/mol. The lowest BCUT2D eigenvalue weighted by atomic mass is 9.98. The van der Waals surface area contributed by atoms with Crippen molar-refractivity contribution in [1.29, 1.82) is 0 Å². The average molecular weight is 723 g/mol. The molecular formula is C50H30N2O2S. The van der Waals surface area contributed by atoms with E-state index in [-0.39, 0.29) is 0 Å². The molecule has 4 aromatic heterocycles. The highest BCUT2D eigenvalue weighted by molar-refractivity contribution is 7.25. The molecule has 12 aromatic rings. The number of fused-ring (bicyclic) bond motifs is 11. The summed E-state index contributed by atoms with van der Waals surface area (Å²) in [5, 5.41) is 8.31. The van der Waals surface area contributed by atoms with Crippen molar-refractivity contribution in [3.8, 4) is 16.8 Å². The maximum absolute atomic E-state index is 6.39. The molecule has 0 aliphatic heterocycles. The molecule has 4 nitrogen and oxygen atoms in total. The number of aromatic nitrogens is 1. The zero-order valence-electron chi connectivity index (χ0n) is 29.4. The molecule has 12 rings (SSSR count). The van der Waals surface area contributed by atoms with Gasteiger partial charge in [-0.05, 0) is 83.9 Å². The molecular weight excluding hydrogens is 693 g/mol. The van der Waals surface area contributed by atoms with Crippen molar-refractivity contribution in [2.24, 2.45) is 0 Å². The molecule has 0 saturated heterocycles. The van der Waals surface area contributed by atoms with Gasteiger partial charge in [-0.1, -0.05) is 97.1 Å². The van der Waals surface area contributed by atoms with Crippen molar-refractivity contribution in [2.45, 2.75) is 0 Å². The third kappa shape index (κ3) is 4.57. The Hall–Kier alpha value is -7.08. The number of hydrogen-bond acceptors (Lipinski definition) is 4. The lowest BCUT2D eigenvalue weighted by Gasteiger charge is -2.25. The summed E-state index contributed by atoms with van der Waals surface area (Å²) in [5.74, 6) is 0. The lowest BCUT2D eigenvalue weighted by molar-refractivity contribution is 0.669. The van der Waals surface area contributed by atoms with E-state index in [2.05, 4.69) is 167 Å². The first kappa shape index (κ1) is 30.4. The van der Waals surface area contributed by atoms with Crippen LogP contribution in [-0.4, -0.2) is 4.57 Å². The lowest BCUT2D eigenvalue weighted by Crippen LogP contribution is -2.09. The second-order valence-corrected chi connectivity index (χ2v) is 15.1. The molecule has 0 spiro atoms. The minimum absolute atomic E-state index is 0.853. The van der Waals surface area contributed by atoms with E-state index in [9.17, 15) is 0 Å². The number of nitrogens with zero attached hydrogens (tertiary/aromatic N) is 2. The van der Waals surface area contributed by atoms with Gasteiger partial charge in [-0.15, -0.1) is 11.3 Å². The molecule has 0 N–H and O–H groups in total. The highest BCUT2D eigenvalue weighted by atomic mass is 32.1. The Morgan fingerprint density at radius 1 is 0.418 bits per heavy atom. The first-order valence-corrected chi connectivity index (χ1v) is 19.3. The van der Waals surface area contributed by atoms with Gasteiger partial charge < -0.3 is 18.3 Å². The number of hydrogen-bond donors (Lipinski definition) is 0. The maximum atomic E-state index is 6.39. The standard InChI is InChI=1S/C50H30N2O2S/c1-2-11-32(12-3-1)52-42-17-10-16-36(48(42)49-41-15-6-9-20-47(41)55-50(49)52)31-21-23-33(24-22-31)51(34-25-27-39-37-13-4-7-18-43(37)53-45(39)29-34)35-26-28-40-38-14-5-8-19-44(38)54-46(40)30-35/h1-30H. The van der Waals surface area contributed by atoms with E-state index in [0.29, 0.717) is 0 Å². The van der Waals surface area contributed by atoms with Gasteiger partial charge in [0.05, 0.1) is 5.52 Å². The first-order valence-electron chi connectivity index (χ1n) is 18.5. The Kier molecular flexibility index (Phi) is 6.47. The summed E-state index contributed by atoms with van der Waals surface area (Å²) < 4.78 is 16.5. The number of rotatable bonds is 5. The van der Waals surface area contributed by atoms with E-state index in [4.69, 9.17) is 8.83 Å². The van der Waals surface area contributed by atoms with E-state index in [1.807, 2.05) is 35.6 Å². The van der Waals surface area contributed by atoms with Crippen LogP contribution in [0.1, 0.15) is 0 Å². The zero-order valence-corrected chi connectivity index (χ0v) is 30.3. The third-order valence-electron chi connectivity index (χ3n) is 11.0. The summed E-state index contributed by atoms with van der Waals surface area (Å²) >= 11 is 1.86. The second-order valence-electron chi connectivity index (χ2n) is 14.1. The average Bonchev–Trinajstić information content (AvgIpc) is 3.99. The molecule has 0 atom stereocenters. The quantitative estimate of drug-likeness (QED) is 0.177. The van der Waals surface area contributed by atoms with Crippen molar-refractivity contribution in [3.05, 3.63) is 182 Å². The van der Waals surface area contributed by atoms with Gasteiger partial charge in [-0.2, -0.15) is 0 Å². The van der Waals surface area contributed by atoms with Crippen LogP contribution >= 0.6 is 11.3 Å². The van der Waals surface area contributed by atoms with Gasteiger partial charge in [0.2, 0.25) is 0 Å². The van der Waals surface area contributed by atoms with E-state index >= 15 is 0 Å². The molecule has 0 fully saturated rings. The Labute approximate surface area is 319 Å². The molecule has 0 bridgehead atoms. The molecule has 0 amide bonds. The summed E-state index contributed by atoms with van der Waals surface area (Å²) in [6.45, 7) is 0. The Morgan fingerprint density at radius 3 is 1.65 bits per heavy atom. The third-order valence-corrected chi connectivity index (χ3v) is 12.2. The summed E-state index contributed by atoms with van der Waals surface area (Å²) in [4.78, 5) is 3.56. The largest absolute Gasteiger partial charge is 0.456 e. The highest BCUT2D eigenvalue weighted by Crippen LogP contribution is 2.47. The molecule has 55 heavy (non-hydrogen) atoms. The van der Waals surface area contributed by atoms with Crippen molar-refractivity contribution in [2.75, 3.05) is 4.90 Å². The molecule has 0 radical (unpaired) electrons. The molecule has 4 heterocycles. The highest BCUT2D eigenvalue weighted by Gasteiger charge is 2.22. The first-order chi connectivity index (χ1) is 27.3. The number of furan rings is 2. The summed E-state index contributed by atoms with van der Waals surface area (Å²) in [5.41, 5.74) is 11.3. The minimum atomic E-state index is 0.853. The predicted octanol–water partition coefficient (Wildman–Crippen LogP) is 14.9. The Bertz CT molecular complexity index is 3330. The molecule has 0 saturated carbocycles. The van der Waals surface area contributed by atoms with Crippen molar-refractivity contribution in [3.63, 3.8) is 0 Å². The van der Waals surface area contributed by atoms with Crippen LogP contribution in [0.25, 0.3) is 91.9 Å². The van der Waals surface area contributed by atoms with Gasteiger partial charge in [0.25, 0.3) is 0 Å². The van der Waals surface area contributed by atoms with E-state index < -0.39 is 0 Å². The summed E-state index contributed by atoms with van der Waals surface area (Å²) in [6, 6.07) is 64.7. The maximum Gasteiger partial charge on any atom is 0.137 e. The Balaban J connectivity index is 1.05. The second kappa shape index (κ2) is 11.7. The van der Waals surface area contributed by atoms with Crippen LogP contribution in [0.15, 0.2) is 191 Å². The number of para-hydroxylation sites is 3. The number of anilines is 3. The molecule has 0 aliphatic rings. The van der Waals surface area contributed by atoms with Gasteiger partial charge >= 0.3 is 0 Å². The van der Waals surface area contributed by atoms with Gasteiger partial charge in [-0.3, -0.25) is 0 Å². The van der Waals surface area contributed by atoms with Crippen LogP contribution in [0.3, 0.4) is 0 Å². The summed E-state index contributed by atoms with van der Waals surface area (Å²) in [6.07, 6.45) is 0. The van der Waals surface area contributed by atoms with Gasteiger partial charge in [0.1, 0.15) is 27.2 Å². The zero-order chi connectivity index (χ0) is 36.0. The van der Waals surface area contributed by atoms with Crippen LogP contribution in [0.4, 0.5) is 17.1 Å². The van der Waals surface area contributed by atoms with Crippen molar-refractivity contribution in [1.82, 2.24) is 4.57 Å². The fourth-order valence-corrected chi connectivity index (χ4v) is 9.79. The SMILES string of the molecule is c1ccc(-n2c3cccc(-c4ccc(N(c5ccc6c(c5)oc5ccccc56)c5ccc6c(c5)oc5ccccc56)cc4)c3c3c4ccccc4sc32)cc1. The predicted molar refractivity (Wildman–Crippen MR) is 231 cm³/mol. The van der Waals surface area contributed by atoms with Crippen LogP contribution < -0.4 is 4.90 Å². The molecule has 8 aromatic carbocycles. The van der Waals surface area contributed by atoms with Crippen LogP contribution in [0, 0.1) is 0 Å². The van der Waals surface area contributed by atoms with E-state index in [1.54, 1.807) is 0 Å². The smallest absolute Gasteiger partial charge is 0.137 e. The fraction of sp³-hybridized carbons (Fsp3) is 0. The summed E-state index contributed by atoms with van der Waals surface area (Å²) in [7, 11) is 0. The molecule has 0 aliphatic carbocycles. The minimum Gasteiger partial charge on any atom is -0.456 e. The van der Waals surface area contributed by atoms with Gasteiger partial charge in [0, 0.05) is 77.3 Å². The van der Waals surface area contributed by atoms with E-state index in [1.165, 1.54) is 42.5 Å². The number of thiophene rings is 1. The fourth-order valence-electron chi connectivity index (χ4n) is 8.55. The molecule has 258 valence electrons. The van der Waals surface area contributed by atoms with Gasteiger partial charge in [0.15, 0.2) is 0 Å². The van der Waals surface area contributed by atoms with Crippen molar-refractivity contribution < 1.29 is 8.83 Å². The topological polar surface area (TPSA) is 34.5 Å². The van der Waals surface area contributed by atoms with Gasteiger partial charge in [-0.25, -0.2) is 0 Å². The van der Waals surface area contributed by atoms with Crippen LogP contribution in [0.2, 0.25) is 0 Å². The molecule has 5 heteroatoms. The van der Waals surface area contributed by atoms with Crippen LogP contribution in [0.5, 0.6) is 0 Å².